The monoisotopic (exact) mass is 438 g/mol. The summed E-state index contributed by atoms with van der Waals surface area (Å²) in [6.07, 6.45) is 4.73. The molecule has 0 aromatic heterocycles. The van der Waals surface area contributed by atoms with Crippen LogP contribution < -0.4 is 9.91 Å². The Morgan fingerprint density at radius 2 is 1.91 bits per heavy atom. The highest BCUT2D eigenvalue weighted by molar-refractivity contribution is 6.01. The van der Waals surface area contributed by atoms with Crippen LogP contribution in [0.15, 0.2) is 29.4 Å². The van der Waals surface area contributed by atoms with Crippen LogP contribution in [0.5, 0.6) is 0 Å². The lowest BCUT2D eigenvalue weighted by molar-refractivity contribution is -0.144. The van der Waals surface area contributed by atoms with Crippen LogP contribution in [-0.4, -0.2) is 58.7 Å². The molecule has 2 aliphatic heterocycles. The van der Waals surface area contributed by atoms with E-state index < -0.39 is 12.5 Å². The minimum absolute atomic E-state index is 0.0711. The van der Waals surface area contributed by atoms with Gasteiger partial charge in [0, 0.05) is 24.1 Å². The number of amides is 2. The van der Waals surface area contributed by atoms with Crippen LogP contribution in [0.25, 0.3) is 0 Å². The van der Waals surface area contributed by atoms with Crippen molar-refractivity contribution in [2.45, 2.75) is 63.4 Å². The van der Waals surface area contributed by atoms with E-state index in [1.807, 2.05) is 24.3 Å². The fourth-order valence-corrected chi connectivity index (χ4v) is 7.45. The first-order valence-corrected chi connectivity index (χ1v) is 11.8. The van der Waals surface area contributed by atoms with Crippen molar-refractivity contribution in [1.29, 1.82) is 0 Å². The van der Waals surface area contributed by atoms with Crippen LogP contribution in [-0.2, 0) is 9.59 Å². The van der Waals surface area contributed by atoms with E-state index in [-0.39, 0.29) is 47.6 Å². The maximum absolute atomic E-state index is 13.8. The molecule has 3 saturated carbocycles. The number of carbonyl (C=O) groups excluding carboxylic acids is 2. The first-order valence-electron chi connectivity index (χ1n) is 11.8. The average molecular weight is 439 g/mol. The van der Waals surface area contributed by atoms with Crippen molar-refractivity contribution >= 4 is 29.9 Å². The highest BCUT2D eigenvalue weighted by Gasteiger charge is 2.77. The molecule has 6 unspecified atom stereocenters. The molecule has 2 N–H and O–H groups in total. The van der Waals surface area contributed by atoms with Gasteiger partial charge in [0.1, 0.15) is 12.8 Å². The van der Waals surface area contributed by atoms with Crippen molar-refractivity contribution < 1.29 is 19.8 Å². The Kier molecular flexibility index (Phi) is 4.43. The molecule has 1 aromatic carbocycles. The Morgan fingerprint density at radius 3 is 2.69 bits per heavy atom. The molecule has 8 heteroatoms. The number of aliphatic hydroxyl groups is 2. The lowest BCUT2D eigenvalue weighted by atomic mass is 9.87. The molecular formula is C24H30N4O4. The number of likely N-dealkylation sites (tertiary alicyclic amines) is 1. The van der Waals surface area contributed by atoms with Gasteiger partial charge >= 0.3 is 0 Å². The van der Waals surface area contributed by atoms with Crippen molar-refractivity contribution in [3.05, 3.63) is 24.3 Å². The lowest BCUT2D eigenvalue weighted by Crippen LogP contribution is -2.52. The molecule has 8 nitrogen and oxygen atoms in total. The second-order valence-corrected chi connectivity index (χ2v) is 10.1. The van der Waals surface area contributed by atoms with E-state index in [1.54, 1.807) is 4.90 Å². The Hall–Kier alpha value is -2.45. The van der Waals surface area contributed by atoms with Gasteiger partial charge in [0.2, 0.25) is 11.8 Å². The standard InChI is InChI=1S/C24H30N4O4/c1-25-28-18-10-3-2-9-17(18)27(16-11-6-7-14(16)21(28)30)19(29)13-26-22(31)20-15-8-4-5-12-24(15,20)23(26)32/h2-3,9-10,14-16,20-21,23,30,32H,1,4-8,11-13H2/t14?,15?,16?,20?,21?,23?,24-/m0/s1. The van der Waals surface area contributed by atoms with Crippen LogP contribution in [0.3, 0.4) is 0 Å². The zero-order chi connectivity index (χ0) is 22.2. The molecule has 5 aliphatic rings. The van der Waals surface area contributed by atoms with E-state index in [9.17, 15) is 19.8 Å². The van der Waals surface area contributed by atoms with E-state index >= 15 is 0 Å². The summed E-state index contributed by atoms with van der Waals surface area (Å²) in [5.41, 5.74) is 0.959. The Bertz CT molecular complexity index is 985. The molecule has 170 valence electrons. The van der Waals surface area contributed by atoms with Crippen molar-refractivity contribution in [3.63, 3.8) is 0 Å². The quantitative estimate of drug-likeness (QED) is 0.703. The summed E-state index contributed by atoms with van der Waals surface area (Å²) in [6.45, 7) is 3.50. The molecule has 7 atom stereocenters. The maximum atomic E-state index is 13.8. The smallest absolute Gasteiger partial charge is 0.247 e. The summed E-state index contributed by atoms with van der Waals surface area (Å²) >= 11 is 0. The van der Waals surface area contributed by atoms with Gasteiger partial charge in [-0.15, -0.1) is 0 Å². The number of nitrogens with zero attached hydrogens (tertiary/aromatic N) is 4. The van der Waals surface area contributed by atoms with E-state index in [4.69, 9.17) is 0 Å². The minimum Gasteiger partial charge on any atom is -0.373 e. The van der Waals surface area contributed by atoms with E-state index in [2.05, 4.69) is 11.8 Å². The maximum Gasteiger partial charge on any atom is 0.247 e. The number of aliphatic hydroxyl groups excluding tert-OH is 2. The van der Waals surface area contributed by atoms with Gasteiger partial charge < -0.3 is 20.0 Å². The molecule has 0 bridgehead atoms. The number of para-hydroxylation sites is 2. The molecule has 3 aliphatic carbocycles. The van der Waals surface area contributed by atoms with Gasteiger partial charge in [0.05, 0.1) is 17.3 Å². The van der Waals surface area contributed by atoms with Gasteiger partial charge in [0.25, 0.3) is 0 Å². The molecule has 32 heavy (non-hydrogen) atoms. The summed E-state index contributed by atoms with van der Waals surface area (Å²) in [5.74, 6) is -0.287. The van der Waals surface area contributed by atoms with Crippen molar-refractivity contribution in [2.24, 2.45) is 28.3 Å². The van der Waals surface area contributed by atoms with Gasteiger partial charge in [0.15, 0.2) is 6.23 Å². The highest BCUT2D eigenvalue weighted by atomic mass is 16.3. The third-order valence-corrected chi connectivity index (χ3v) is 8.87. The third kappa shape index (κ3) is 2.48. The second-order valence-electron chi connectivity index (χ2n) is 10.1. The Labute approximate surface area is 187 Å². The number of hydrogen-bond acceptors (Lipinski definition) is 6. The van der Waals surface area contributed by atoms with Crippen LogP contribution >= 0.6 is 0 Å². The second kappa shape index (κ2) is 7.02. The Balaban J connectivity index is 1.33. The zero-order valence-electron chi connectivity index (χ0n) is 18.1. The van der Waals surface area contributed by atoms with Gasteiger partial charge in [-0.05, 0) is 43.7 Å². The molecule has 1 aromatic rings. The Morgan fingerprint density at radius 1 is 1.12 bits per heavy atom. The van der Waals surface area contributed by atoms with E-state index in [1.165, 1.54) is 9.91 Å². The number of anilines is 2. The molecule has 2 amide bonds. The van der Waals surface area contributed by atoms with Crippen LogP contribution in [0.4, 0.5) is 11.4 Å². The molecule has 2 heterocycles. The largest absolute Gasteiger partial charge is 0.373 e. The minimum atomic E-state index is -0.882. The summed E-state index contributed by atoms with van der Waals surface area (Å²) < 4.78 is 0. The van der Waals surface area contributed by atoms with Crippen molar-refractivity contribution in [1.82, 2.24) is 4.90 Å². The third-order valence-electron chi connectivity index (χ3n) is 8.87. The number of carbonyl (C=O) groups is 2. The van der Waals surface area contributed by atoms with Crippen LogP contribution in [0.1, 0.15) is 44.9 Å². The average Bonchev–Trinajstić information content (AvgIpc) is 3.21. The van der Waals surface area contributed by atoms with Crippen LogP contribution in [0.2, 0.25) is 0 Å². The van der Waals surface area contributed by atoms with Gasteiger partial charge in [-0.25, -0.2) is 5.01 Å². The first-order chi connectivity index (χ1) is 15.5. The van der Waals surface area contributed by atoms with Gasteiger partial charge in [-0.2, -0.15) is 5.10 Å². The van der Waals surface area contributed by atoms with Crippen molar-refractivity contribution in [2.75, 3.05) is 16.5 Å². The summed E-state index contributed by atoms with van der Waals surface area (Å²) in [5, 5.41) is 27.7. The number of hydrogen-bond donors (Lipinski definition) is 2. The van der Waals surface area contributed by atoms with Gasteiger partial charge in [-0.3, -0.25) is 9.59 Å². The number of benzene rings is 1. The van der Waals surface area contributed by atoms with E-state index in [0.29, 0.717) is 11.4 Å². The van der Waals surface area contributed by atoms with Crippen LogP contribution in [0, 0.1) is 23.2 Å². The number of piperidine rings is 1. The fourth-order valence-electron chi connectivity index (χ4n) is 7.45. The SMILES string of the molecule is C=NN1c2ccccc2N(C(=O)CN2C(=O)C3C4CCCC[C@]43C2O)C2CCCC2C1O. The first kappa shape index (κ1) is 20.2. The number of hydrazone groups is 1. The van der Waals surface area contributed by atoms with Crippen molar-refractivity contribution in [3.8, 4) is 0 Å². The predicted octanol–water partition coefficient (Wildman–Crippen LogP) is 1.91. The molecular weight excluding hydrogens is 408 g/mol. The molecule has 6 rings (SSSR count). The predicted molar refractivity (Wildman–Crippen MR) is 119 cm³/mol. The molecule has 1 spiro atoms. The summed E-state index contributed by atoms with van der Waals surface area (Å²) in [7, 11) is 0. The highest BCUT2D eigenvalue weighted by Crippen LogP contribution is 2.72. The fraction of sp³-hybridized carbons (Fsp3) is 0.625. The molecule has 4 fully saturated rings. The summed E-state index contributed by atoms with van der Waals surface area (Å²) in [4.78, 5) is 30.1. The topological polar surface area (TPSA) is 96.7 Å². The normalized spacial score (nSPS) is 39.7. The number of fused-ring (bicyclic) bond motifs is 3. The molecule has 0 radical (unpaired) electrons. The van der Waals surface area contributed by atoms with E-state index in [0.717, 1.165) is 44.9 Å². The lowest BCUT2D eigenvalue weighted by Gasteiger charge is -2.36. The van der Waals surface area contributed by atoms with Gasteiger partial charge in [-0.1, -0.05) is 31.4 Å². The summed E-state index contributed by atoms with van der Waals surface area (Å²) in [6, 6.07) is 7.20. The number of rotatable bonds is 3. The molecule has 1 saturated heterocycles. The zero-order valence-corrected chi connectivity index (χ0v) is 18.1.